The molecule has 0 radical (unpaired) electrons. The van der Waals surface area contributed by atoms with Gasteiger partial charge < -0.3 is 0 Å². The Morgan fingerprint density at radius 3 is 2.31 bits per heavy atom. The lowest BCUT2D eigenvalue weighted by molar-refractivity contribution is 0.588. The van der Waals surface area contributed by atoms with Gasteiger partial charge in [0.25, 0.3) is 10.2 Å². The lowest BCUT2D eigenvalue weighted by Crippen LogP contribution is -2.22. The molecule has 0 spiro atoms. The van der Waals surface area contributed by atoms with Crippen LogP contribution in [0.2, 0.25) is 0 Å². The van der Waals surface area contributed by atoms with E-state index in [1.54, 1.807) is 0 Å². The van der Waals surface area contributed by atoms with Gasteiger partial charge in [0.15, 0.2) is 0 Å². The lowest BCUT2D eigenvalue weighted by atomic mass is 10.3. The van der Waals surface area contributed by atoms with Crippen molar-refractivity contribution in [1.82, 2.24) is 4.72 Å². The fraction of sp³-hybridized carbons (Fsp3) is 0.143. The SMILES string of the molecule is CNS(=O)(=O)c1cccc(NS(N)(=O)=O)c1. The summed E-state index contributed by atoms with van der Waals surface area (Å²) < 4.78 is 48.4. The van der Waals surface area contributed by atoms with Crippen LogP contribution in [0.3, 0.4) is 0 Å². The summed E-state index contributed by atoms with van der Waals surface area (Å²) >= 11 is 0. The zero-order valence-corrected chi connectivity index (χ0v) is 9.97. The van der Waals surface area contributed by atoms with Crippen LogP contribution in [0.15, 0.2) is 29.2 Å². The van der Waals surface area contributed by atoms with Gasteiger partial charge in [-0.1, -0.05) is 6.07 Å². The Kier molecular flexibility index (Phi) is 3.53. The third kappa shape index (κ3) is 3.45. The Hall–Kier alpha value is -1.16. The second-order valence-electron chi connectivity index (χ2n) is 2.88. The van der Waals surface area contributed by atoms with Crippen LogP contribution in [0.4, 0.5) is 5.69 Å². The molecule has 16 heavy (non-hydrogen) atoms. The molecule has 0 saturated heterocycles. The Balaban J connectivity index is 3.15. The largest absolute Gasteiger partial charge is 0.296 e. The third-order valence-electron chi connectivity index (χ3n) is 1.67. The summed E-state index contributed by atoms with van der Waals surface area (Å²) in [5.74, 6) is 0. The van der Waals surface area contributed by atoms with E-state index >= 15 is 0 Å². The molecule has 0 atom stereocenters. The van der Waals surface area contributed by atoms with E-state index in [0.29, 0.717) is 0 Å². The first kappa shape index (κ1) is 12.9. The fourth-order valence-electron chi connectivity index (χ4n) is 1.01. The molecule has 0 unspecified atom stereocenters. The topological polar surface area (TPSA) is 118 Å². The zero-order chi connectivity index (χ0) is 12.4. The third-order valence-corrected chi connectivity index (χ3v) is 3.61. The van der Waals surface area contributed by atoms with Gasteiger partial charge in [-0.3, -0.25) is 4.72 Å². The molecule has 4 N–H and O–H groups in total. The fourth-order valence-corrected chi connectivity index (χ4v) is 2.24. The van der Waals surface area contributed by atoms with Gasteiger partial charge in [-0.15, -0.1) is 0 Å². The van der Waals surface area contributed by atoms with Crippen LogP contribution < -0.4 is 14.6 Å². The highest BCUT2D eigenvalue weighted by Gasteiger charge is 2.12. The van der Waals surface area contributed by atoms with Crippen LogP contribution in [0, 0.1) is 0 Å². The van der Waals surface area contributed by atoms with Crippen molar-refractivity contribution >= 4 is 25.9 Å². The molecule has 90 valence electrons. The standard InChI is InChI=1S/C7H11N3O4S2/c1-9-15(11,12)7-4-2-3-6(5-7)10-16(8,13)14/h2-5,9-10H,1H3,(H2,8,13,14). The zero-order valence-electron chi connectivity index (χ0n) is 8.34. The Morgan fingerprint density at radius 1 is 1.19 bits per heavy atom. The molecule has 0 aromatic heterocycles. The van der Waals surface area contributed by atoms with E-state index in [1.807, 2.05) is 4.72 Å². The maximum Gasteiger partial charge on any atom is 0.296 e. The van der Waals surface area contributed by atoms with Crippen molar-refractivity contribution in [2.24, 2.45) is 5.14 Å². The van der Waals surface area contributed by atoms with Crippen molar-refractivity contribution < 1.29 is 16.8 Å². The first-order valence-corrected chi connectivity index (χ1v) is 7.12. The maximum absolute atomic E-state index is 11.4. The molecular formula is C7H11N3O4S2. The average Bonchev–Trinajstić information content (AvgIpc) is 2.15. The minimum absolute atomic E-state index is 0.0522. The minimum atomic E-state index is -3.91. The first-order valence-electron chi connectivity index (χ1n) is 4.09. The Labute approximate surface area is 93.9 Å². The molecule has 0 heterocycles. The highest BCUT2D eigenvalue weighted by molar-refractivity contribution is 7.90. The van der Waals surface area contributed by atoms with Gasteiger partial charge in [-0.2, -0.15) is 8.42 Å². The van der Waals surface area contributed by atoms with E-state index in [4.69, 9.17) is 5.14 Å². The summed E-state index contributed by atoms with van der Waals surface area (Å²) in [6.45, 7) is 0. The number of anilines is 1. The minimum Gasteiger partial charge on any atom is -0.271 e. The number of hydrogen-bond acceptors (Lipinski definition) is 4. The molecule has 0 aliphatic carbocycles. The number of nitrogens with two attached hydrogens (primary N) is 1. The molecule has 7 nitrogen and oxygen atoms in total. The molecular weight excluding hydrogens is 254 g/mol. The molecule has 0 aliphatic rings. The van der Waals surface area contributed by atoms with Gasteiger partial charge >= 0.3 is 0 Å². The maximum atomic E-state index is 11.4. The van der Waals surface area contributed by atoms with E-state index in [2.05, 4.69) is 4.72 Å². The monoisotopic (exact) mass is 265 g/mol. The molecule has 0 bridgehead atoms. The molecule has 1 aromatic carbocycles. The van der Waals surface area contributed by atoms with Crippen molar-refractivity contribution in [2.75, 3.05) is 11.8 Å². The second kappa shape index (κ2) is 4.37. The predicted octanol–water partition coefficient (Wildman–Crippen LogP) is -0.790. The van der Waals surface area contributed by atoms with E-state index in [0.717, 1.165) is 6.07 Å². The summed E-state index contributed by atoms with van der Waals surface area (Å²) in [6, 6.07) is 5.28. The number of benzene rings is 1. The van der Waals surface area contributed by atoms with Crippen LogP contribution in [-0.4, -0.2) is 23.9 Å². The van der Waals surface area contributed by atoms with Gasteiger partial charge in [0.1, 0.15) is 0 Å². The quantitative estimate of drug-likeness (QED) is 0.661. The van der Waals surface area contributed by atoms with Crippen LogP contribution in [0.25, 0.3) is 0 Å². The number of hydrogen-bond donors (Lipinski definition) is 3. The smallest absolute Gasteiger partial charge is 0.271 e. The number of sulfonamides is 1. The van der Waals surface area contributed by atoms with Crippen molar-refractivity contribution in [3.05, 3.63) is 24.3 Å². The van der Waals surface area contributed by atoms with E-state index in [-0.39, 0.29) is 10.6 Å². The van der Waals surface area contributed by atoms with E-state index in [1.165, 1.54) is 25.2 Å². The van der Waals surface area contributed by atoms with Gasteiger partial charge in [-0.25, -0.2) is 18.3 Å². The summed E-state index contributed by atoms with van der Waals surface area (Å²) in [5, 5.41) is 4.76. The molecule has 0 aliphatic heterocycles. The summed E-state index contributed by atoms with van der Waals surface area (Å²) in [6.07, 6.45) is 0. The van der Waals surface area contributed by atoms with Crippen LogP contribution in [-0.2, 0) is 20.2 Å². The van der Waals surface area contributed by atoms with Crippen LogP contribution >= 0.6 is 0 Å². The molecule has 9 heteroatoms. The van der Waals surface area contributed by atoms with E-state index in [9.17, 15) is 16.8 Å². The second-order valence-corrected chi connectivity index (χ2v) is 6.06. The predicted molar refractivity (Wildman–Crippen MR) is 59.4 cm³/mol. The first-order chi connectivity index (χ1) is 7.24. The summed E-state index contributed by atoms with van der Waals surface area (Å²) in [5.41, 5.74) is 0.0822. The van der Waals surface area contributed by atoms with Gasteiger partial charge in [0.05, 0.1) is 10.6 Å². The molecule has 0 saturated carbocycles. The van der Waals surface area contributed by atoms with Crippen molar-refractivity contribution in [1.29, 1.82) is 0 Å². The Bertz CT molecular complexity index is 579. The van der Waals surface area contributed by atoms with Crippen LogP contribution in [0.1, 0.15) is 0 Å². The van der Waals surface area contributed by atoms with Gasteiger partial charge in [0.2, 0.25) is 10.0 Å². The Morgan fingerprint density at radius 2 is 1.81 bits per heavy atom. The molecule has 1 aromatic rings. The molecule has 0 amide bonds. The van der Waals surface area contributed by atoms with Gasteiger partial charge in [-0.05, 0) is 25.2 Å². The highest BCUT2D eigenvalue weighted by atomic mass is 32.2. The normalized spacial score (nSPS) is 12.4. The number of rotatable bonds is 4. The molecule has 1 rings (SSSR count). The summed E-state index contributed by atoms with van der Waals surface area (Å²) in [7, 11) is -6.25. The summed E-state index contributed by atoms with van der Waals surface area (Å²) in [4.78, 5) is -0.0522. The average molecular weight is 265 g/mol. The van der Waals surface area contributed by atoms with Crippen molar-refractivity contribution in [3.8, 4) is 0 Å². The van der Waals surface area contributed by atoms with Crippen molar-refractivity contribution in [3.63, 3.8) is 0 Å². The highest BCUT2D eigenvalue weighted by Crippen LogP contribution is 2.15. The molecule has 0 fully saturated rings. The van der Waals surface area contributed by atoms with Crippen LogP contribution in [0.5, 0.6) is 0 Å². The number of nitrogens with one attached hydrogen (secondary N) is 2. The lowest BCUT2D eigenvalue weighted by Gasteiger charge is -2.06. The van der Waals surface area contributed by atoms with E-state index < -0.39 is 20.2 Å². The van der Waals surface area contributed by atoms with Crippen molar-refractivity contribution in [2.45, 2.75) is 4.90 Å². The van der Waals surface area contributed by atoms with Gasteiger partial charge in [0, 0.05) is 0 Å².